The maximum Gasteiger partial charge on any atom is 0.147 e. The summed E-state index contributed by atoms with van der Waals surface area (Å²) in [6.07, 6.45) is 5.90. The fourth-order valence-corrected chi connectivity index (χ4v) is 3.11. The van der Waals surface area contributed by atoms with Crippen LogP contribution in [-0.4, -0.2) is 57.0 Å². The van der Waals surface area contributed by atoms with Crippen molar-refractivity contribution >= 4 is 9.84 Å². The lowest BCUT2D eigenvalue weighted by Crippen LogP contribution is -2.46. The lowest BCUT2D eigenvalue weighted by molar-refractivity contribution is 0.185. The van der Waals surface area contributed by atoms with Crippen molar-refractivity contribution in [2.24, 2.45) is 0 Å². The summed E-state index contributed by atoms with van der Waals surface area (Å²) < 4.78 is 22.3. The minimum absolute atomic E-state index is 0.300. The normalized spacial score (nSPS) is 21.7. The first-order valence-electron chi connectivity index (χ1n) is 7.03. The van der Waals surface area contributed by atoms with Gasteiger partial charge in [-0.05, 0) is 46.2 Å². The van der Waals surface area contributed by atoms with Crippen molar-refractivity contribution in [3.8, 4) is 0 Å². The van der Waals surface area contributed by atoms with E-state index in [-0.39, 0.29) is 0 Å². The van der Waals surface area contributed by atoms with Gasteiger partial charge in [0, 0.05) is 24.9 Å². The monoisotopic (exact) mass is 276 g/mol. The first kappa shape index (κ1) is 15.9. The Morgan fingerprint density at radius 1 is 1.33 bits per heavy atom. The van der Waals surface area contributed by atoms with Crippen LogP contribution in [0.4, 0.5) is 0 Å². The van der Waals surface area contributed by atoms with Gasteiger partial charge in [-0.1, -0.05) is 6.42 Å². The Kier molecular flexibility index (Phi) is 6.60. The van der Waals surface area contributed by atoms with Gasteiger partial charge in [0.15, 0.2) is 0 Å². The summed E-state index contributed by atoms with van der Waals surface area (Å²) in [4.78, 5) is 2.40. The highest BCUT2D eigenvalue weighted by atomic mass is 32.2. The number of piperidine rings is 1. The topological polar surface area (TPSA) is 49.4 Å². The van der Waals surface area contributed by atoms with Crippen molar-refractivity contribution in [1.29, 1.82) is 0 Å². The molecule has 0 amide bonds. The number of nitrogens with zero attached hydrogens (tertiary/aromatic N) is 1. The highest BCUT2D eigenvalue weighted by molar-refractivity contribution is 7.90. The Balaban J connectivity index is 2.34. The van der Waals surface area contributed by atoms with Crippen LogP contribution in [0.3, 0.4) is 0 Å². The summed E-state index contributed by atoms with van der Waals surface area (Å²) in [7, 11) is -2.82. The van der Waals surface area contributed by atoms with E-state index >= 15 is 0 Å². The van der Waals surface area contributed by atoms with Crippen LogP contribution in [-0.2, 0) is 9.84 Å². The molecule has 0 aliphatic carbocycles. The molecule has 0 spiro atoms. The zero-order valence-electron chi connectivity index (χ0n) is 12.0. The average molecular weight is 276 g/mol. The third kappa shape index (κ3) is 6.71. The van der Waals surface area contributed by atoms with Crippen LogP contribution in [0.25, 0.3) is 0 Å². The van der Waals surface area contributed by atoms with E-state index in [9.17, 15) is 8.42 Å². The van der Waals surface area contributed by atoms with Crippen LogP contribution in [0.5, 0.6) is 0 Å². The second-order valence-electron chi connectivity index (χ2n) is 5.72. The summed E-state index contributed by atoms with van der Waals surface area (Å²) in [6.45, 7) is 7.41. The van der Waals surface area contributed by atoms with Gasteiger partial charge in [0.05, 0.1) is 5.75 Å². The Morgan fingerprint density at radius 2 is 2.06 bits per heavy atom. The Hall–Kier alpha value is -0.130. The molecule has 0 saturated carbocycles. The SMILES string of the molecule is CC(C)N(CCCS(C)(=O)=O)CC1CCCCN1. The standard InChI is InChI=1S/C13H28N2O2S/c1-12(2)15(9-6-10-18(3,16)17)11-13-7-4-5-8-14-13/h12-14H,4-11H2,1-3H3. The van der Waals surface area contributed by atoms with E-state index < -0.39 is 9.84 Å². The lowest BCUT2D eigenvalue weighted by atomic mass is 10.0. The third-order valence-corrected chi connectivity index (χ3v) is 4.59. The van der Waals surface area contributed by atoms with Crippen LogP contribution in [0.2, 0.25) is 0 Å². The maximum absolute atomic E-state index is 11.1. The van der Waals surface area contributed by atoms with Gasteiger partial charge in [-0.3, -0.25) is 4.90 Å². The molecule has 1 atom stereocenters. The summed E-state index contributed by atoms with van der Waals surface area (Å²) in [5.74, 6) is 0.300. The minimum Gasteiger partial charge on any atom is -0.313 e. The highest BCUT2D eigenvalue weighted by Crippen LogP contribution is 2.11. The van der Waals surface area contributed by atoms with E-state index in [2.05, 4.69) is 24.1 Å². The molecule has 1 N–H and O–H groups in total. The van der Waals surface area contributed by atoms with Crippen molar-refractivity contribution in [1.82, 2.24) is 10.2 Å². The smallest absolute Gasteiger partial charge is 0.147 e. The fraction of sp³-hybridized carbons (Fsp3) is 1.00. The van der Waals surface area contributed by atoms with Gasteiger partial charge >= 0.3 is 0 Å². The van der Waals surface area contributed by atoms with Crippen molar-refractivity contribution in [3.63, 3.8) is 0 Å². The molecule has 18 heavy (non-hydrogen) atoms. The molecule has 1 fully saturated rings. The molecule has 0 radical (unpaired) electrons. The van der Waals surface area contributed by atoms with Gasteiger partial charge in [0.1, 0.15) is 9.84 Å². The number of rotatable bonds is 7. The van der Waals surface area contributed by atoms with E-state index in [1.54, 1.807) is 0 Å². The molecular formula is C13H28N2O2S. The molecule has 0 aromatic heterocycles. The molecule has 1 aliphatic rings. The van der Waals surface area contributed by atoms with Crippen LogP contribution in [0, 0.1) is 0 Å². The zero-order chi connectivity index (χ0) is 13.6. The van der Waals surface area contributed by atoms with Crippen LogP contribution >= 0.6 is 0 Å². The lowest BCUT2D eigenvalue weighted by Gasteiger charge is -2.33. The zero-order valence-corrected chi connectivity index (χ0v) is 12.8. The molecule has 108 valence electrons. The summed E-state index contributed by atoms with van der Waals surface area (Å²) in [5.41, 5.74) is 0. The Morgan fingerprint density at radius 3 is 2.56 bits per heavy atom. The van der Waals surface area contributed by atoms with E-state index in [1.807, 2.05) is 0 Å². The van der Waals surface area contributed by atoms with E-state index in [1.165, 1.54) is 25.5 Å². The molecule has 1 aliphatic heterocycles. The number of hydrogen-bond acceptors (Lipinski definition) is 4. The van der Waals surface area contributed by atoms with E-state index in [0.29, 0.717) is 17.8 Å². The molecule has 1 heterocycles. The molecule has 0 aromatic rings. The van der Waals surface area contributed by atoms with Gasteiger partial charge in [-0.25, -0.2) is 8.42 Å². The van der Waals surface area contributed by atoms with Crippen molar-refractivity contribution in [3.05, 3.63) is 0 Å². The average Bonchev–Trinajstić information content (AvgIpc) is 2.27. The molecule has 1 rings (SSSR count). The predicted molar refractivity (Wildman–Crippen MR) is 76.7 cm³/mol. The molecular weight excluding hydrogens is 248 g/mol. The van der Waals surface area contributed by atoms with Crippen molar-refractivity contribution in [2.45, 2.75) is 51.6 Å². The summed E-state index contributed by atoms with van der Waals surface area (Å²) >= 11 is 0. The molecule has 4 nitrogen and oxygen atoms in total. The Labute approximate surface area is 112 Å². The summed E-state index contributed by atoms with van der Waals surface area (Å²) in [5, 5.41) is 3.55. The molecule has 0 bridgehead atoms. The quantitative estimate of drug-likeness (QED) is 0.761. The maximum atomic E-state index is 11.1. The first-order valence-corrected chi connectivity index (χ1v) is 9.09. The first-order chi connectivity index (χ1) is 8.38. The van der Waals surface area contributed by atoms with Crippen molar-refractivity contribution in [2.75, 3.05) is 31.6 Å². The van der Waals surface area contributed by atoms with Crippen LogP contribution in [0.15, 0.2) is 0 Å². The molecule has 0 aromatic carbocycles. The largest absolute Gasteiger partial charge is 0.313 e. The minimum atomic E-state index is -2.82. The molecule has 5 heteroatoms. The molecule has 1 unspecified atom stereocenters. The third-order valence-electron chi connectivity index (χ3n) is 3.56. The van der Waals surface area contributed by atoms with E-state index in [0.717, 1.165) is 26.1 Å². The fourth-order valence-electron chi connectivity index (χ4n) is 2.45. The van der Waals surface area contributed by atoms with Crippen LogP contribution < -0.4 is 5.32 Å². The number of hydrogen-bond donors (Lipinski definition) is 1. The second-order valence-corrected chi connectivity index (χ2v) is 7.98. The highest BCUT2D eigenvalue weighted by Gasteiger charge is 2.18. The van der Waals surface area contributed by atoms with Gasteiger partial charge < -0.3 is 5.32 Å². The Bertz CT molecular complexity index is 322. The van der Waals surface area contributed by atoms with Gasteiger partial charge in [0.25, 0.3) is 0 Å². The van der Waals surface area contributed by atoms with Gasteiger partial charge in [0.2, 0.25) is 0 Å². The van der Waals surface area contributed by atoms with Gasteiger partial charge in [-0.15, -0.1) is 0 Å². The summed E-state index contributed by atoms with van der Waals surface area (Å²) in [6, 6.07) is 1.06. The molecule has 1 saturated heterocycles. The van der Waals surface area contributed by atoms with Crippen molar-refractivity contribution < 1.29 is 8.42 Å². The number of nitrogens with one attached hydrogen (secondary N) is 1. The van der Waals surface area contributed by atoms with Gasteiger partial charge in [-0.2, -0.15) is 0 Å². The number of sulfone groups is 1. The predicted octanol–water partition coefficient (Wildman–Crippen LogP) is 1.27. The van der Waals surface area contributed by atoms with E-state index in [4.69, 9.17) is 0 Å². The second kappa shape index (κ2) is 7.46. The van der Waals surface area contributed by atoms with Crippen LogP contribution in [0.1, 0.15) is 39.5 Å².